The molecule has 0 aromatic heterocycles. The molecule has 1 aliphatic heterocycles. The van der Waals surface area contributed by atoms with Crippen molar-refractivity contribution in [1.82, 2.24) is 10.4 Å². The molecule has 1 saturated heterocycles. The number of amides is 2. The van der Waals surface area contributed by atoms with Gasteiger partial charge >= 0.3 is 11.9 Å². The van der Waals surface area contributed by atoms with Gasteiger partial charge in [0.1, 0.15) is 11.9 Å². The number of carbonyl (C=O) groups is 4. The number of ether oxygens (including phenoxy) is 1. The van der Waals surface area contributed by atoms with E-state index >= 15 is 0 Å². The van der Waals surface area contributed by atoms with Crippen LogP contribution >= 0.6 is 11.6 Å². The van der Waals surface area contributed by atoms with Crippen molar-refractivity contribution < 1.29 is 33.4 Å². The number of nitrogens with one attached hydrogen (secondary N) is 1. The second-order valence-electron chi connectivity index (χ2n) is 5.28. The van der Waals surface area contributed by atoms with Crippen molar-refractivity contribution >= 4 is 35.4 Å². The predicted molar refractivity (Wildman–Crippen MR) is 81.9 cm³/mol. The Morgan fingerprint density at radius 2 is 2.12 bits per heavy atom. The fourth-order valence-electron chi connectivity index (χ4n) is 2.13. The number of hydrogen-bond donors (Lipinski definition) is 2. The zero-order valence-electron chi connectivity index (χ0n) is 13.0. The SMILES string of the molecule is C[C@H](NN(C(=O)c1c(F)cccc1Cl)C(=O)[C@@H]1CCC(=O)O1)C(=O)O. The Bertz CT molecular complexity index is 720. The van der Waals surface area contributed by atoms with Crippen molar-refractivity contribution in [3.05, 3.63) is 34.6 Å². The molecule has 1 aromatic rings. The minimum absolute atomic E-state index is 0.0205. The minimum Gasteiger partial charge on any atom is -0.480 e. The average molecular weight is 373 g/mol. The maximum absolute atomic E-state index is 14.0. The summed E-state index contributed by atoms with van der Waals surface area (Å²) in [4.78, 5) is 47.3. The number of carbonyl (C=O) groups excluding carboxylic acids is 3. The smallest absolute Gasteiger partial charge is 0.322 e. The van der Waals surface area contributed by atoms with Crippen LogP contribution in [-0.4, -0.2) is 46.0 Å². The van der Waals surface area contributed by atoms with Gasteiger partial charge in [-0.3, -0.25) is 19.2 Å². The van der Waals surface area contributed by atoms with Crippen LogP contribution in [0, 0.1) is 5.82 Å². The first-order valence-corrected chi connectivity index (χ1v) is 7.61. The zero-order valence-corrected chi connectivity index (χ0v) is 13.7. The summed E-state index contributed by atoms with van der Waals surface area (Å²) >= 11 is 5.83. The van der Waals surface area contributed by atoms with Gasteiger partial charge in [0.25, 0.3) is 11.8 Å². The molecule has 2 atom stereocenters. The molecule has 0 bridgehead atoms. The number of halogens is 2. The van der Waals surface area contributed by atoms with Gasteiger partial charge < -0.3 is 9.84 Å². The summed E-state index contributed by atoms with van der Waals surface area (Å²) < 4.78 is 18.8. The summed E-state index contributed by atoms with van der Waals surface area (Å²) in [6.45, 7) is 1.18. The van der Waals surface area contributed by atoms with Gasteiger partial charge in [0.2, 0.25) is 0 Å². The summed E-state index contributed by atoms with van der Waals surface area (Å²) in [6.07, 6.45) is -1.27. The third-order valence-electron chi connectivity index (χ3n) is 3.45. The molecule has 0 aliphatic carbocycles. The molecule has 25 heavy (non-hydrogen) atoms. The summed E-state index contributed by atoms with van der Waals surface area (Å²) in [6, 6.07) is 2.14. The Kier molecular flexibility index (Phi) is 5.70. The highest BCUT2D eigenvalue weighted by molar-refractivity contribution is 6.34. The van der Waals surface area contributed by atoms with E-state index in [1.807, 2.05) is 0 Å². The highest BCUT2D eigenvalue weighted by atomic mass is 35.5. The molecule has 10 heteroatoms. The summed E-state index contributed by atoms with van der Waals surface area (Å²) in [5, 5.41) is 9.06. The van der Waals surface area contributed by atoms with Crippen LogP contribution in [0.2, 0.25) is 5.02 Å². The van der Waals surface area contributed by atoms with E-state index in [9.17, 15) is 23.6 Å². The number of hydrazine groups is 1. The van der Waals surface area contributed by atoms with E-state index in [1.54, 1.807) is 0 Å². The van der Waals surface area contributed by atoms with Gasteiger partial charge in [-0.05, 0) is 19.1 Å². The zero-order chi connectivity index (χ0) is 18.7. The Morgan fingerprint density at radius 3 is 2.64 bits per heavy atom. The van der Waals surface area contributed by atoms with Crippen molar-refractivity contribution in [2.75, 3.05) is 0 Å². The maximum Gasteiger partial charge on any atom is 0.322 e. The predicted octanol–water partition coefficient (Wildman–Crippen LogP) is 1.13. The standard InChI is InChI=1S/C15H14ClFN2O6/c1-7(15(23)24)18-19(13(21)10-5-6-11(20)25-10)14(22)12-8(16)3-2-4-9(12)17/h2-4,7,10,18H,5-6H2,1H3,(H,23,24)/t7-,10-/m0/s1. The van der Waals surface area contributed by atoms with Crippen LogP contribution in [0.25, 0.3) is 0 Å². The first-order chi connectivity index (χ1) is 11.7. The molecule has 8 nitrogen and oxygen atoms in total. The van der Waals surface area contributed by atoms with E-state index in [-0.39, 0.29) is 17.9 Å². The first kappa shape index (κ1) is 18.8. The molecule has 0 unspecified atom stereocenters. The van der Waals surface area contributed by atoms with Crippen molar-refractivity contribution in [3.8, 4) is 0 Å². The molecule has 1 aliphatic rings. The molecule has 2 rings (SSSR count). The van der Waals surface area contributed by atoms with Crippen LogP contribution in [0.4, 0.5) is 4.39 Å². The van der Waals surface area contributed by atoms with E-state index in [0.29, 0.717) is 5.01 Å². The molecule has 0 saturated carbocycles. The molecular formula is C15H14ClFN2O6. The van der Waals surface area contributed by atoms with Gasteiger partial charge in [0.05, 0.1) is 10.6 Å². The lowest BCUT2D eigenvalue weighted by Crippen LogP contribution is -2.56. The monoisotopic (exact) mass is 372 g/mol. The summed E-state index contributed by atoms with van der Waals surface area (Å²) in [5.41, 5.74) is 1.57. The van der Waals surface area contributed by atoms with Crippen molar-refractivity contribution in [2.45, 2.75) is 31.9 Å². The van der Waals surface area contributed by atoms with Crippen LogP contribution in [0.15, 0.2) is 18.2 Å². The van der Waals surface area contributed by atoms with Crippen LogP contribution in [0.1, 0.15) is 30.1 Å². The van der Waals surface area contributed by atoms with Gasteiger partial charge in [0.15, 0.2) is 6.10 Å². The second-order valence-corrected chi connectivity index (χ2v) is 5.69. The lowest BCUT2D eigenvalue weighted by atomic mass is 10.1. The van der Waals surface area contributed by atoms with Crippen LogP contribution in [-0.2, 0) is 19.1 Å². The number of imide groups is 1. The van der Waals surface area contributed by atoms with E-state index < -0.39 is 47.3 Å². The number of nitrogens with zero attached hydrogens (tertiary/aromatic N) is 1. The number of rotatable bonds is 5. The third kappa shape index (κ3) is 4.12. The number of esters is 1. The van der Waals surface area contributed by atoms with Crippen LogP contribution < -0.4 is 5.43 Å². The largest absolute Gasteiger partial charge is 0.480 e. The topological polar surface area (TPSA) is 113 Å². The molecule has 2 amide bonds. The molecule has 0 radical (unpaired) electrons. The number of cyclic esters (lactones) is 1. The number of carboxylic acids is 1. The average Bonchev–Trinajstić information content (AvgIpc) is 2.97. The third-order valence-corrected chi connectivity index (χ3v) is 3.77. The van der Waals surface area contributed by atoms with Crippen molar-refractivity contribution in [1.29, 1.82) is 0 Å². The normalized spacial score (nSPS) is 17.7. The van der Waals surface area contributed by atoms with Gasteiger partial charge in [-0.2, -0.15) is 0 Å². The molecule has 134 valence electrons. The van der Waals surface area contributed by atoms with E-state index in [4.69, 9.17) is 21.4 Å². The fraction of sp³-hybridized carbons (Fsp3) is 0.333. The number of carboxylic acid groups (broad SMARTS) is 1. The van der Waals surface area contributed by atoms with Gasteiger partial charge in [0, 0.05) is 12.8 Å². The Morgan fingerprint density at radius 1 is 1.44 bits per heavy atom. The highest BCUT2D eigenvalue weighted by Gasteiger charge is 2.38. The van der Waals surface area contributed by atoms with E-state index in [1.165, 1.54) is 19.1 Å². The van der Waals surface area contributed by atoms with Crippen molar-refractivity contribution in [3.63, 3.8) is 0 Å². The lowest BCUT2D eigenvalue weighted by Gasteiger charge is -2.26. The number of hydrogen-bond acceptors (Lipinski definition) is 6. The summed E-state index contributed by atoms with van der Waals surface area (Å²) in [7, 11) is 0. The molecule has 1 aromatic carbocycles. The number of benzene rings is 1. The van der Waals surface area contributed by atoms with Gasteiger partial charge in [-0.1, -0.05) is 17.7 Å². The fourth-order valence-corrected chi connectivity index (χ4v) is 2.37. The first-order valence-electron chi connectivity index (χ1n) is 7.23. The van der Waals surface area contributed by atoms with Crippen molar-refractivity contribution in [2.24, 2.45) is 0 Å². The quantitative estimate of drug-likeness (QED) is 0.452. The Labute approximate surface area is 146 Å². The molecule has 2 N–H and O–H groups in total. The second kappa shape index (κ2) is 7.58. The molecule has 1 fully saturated rings. The maximum atomic E-state index is 14.0. The Hall–Kier alpha value is -2.52. The highest BCUT2D eigenvalue weighted by Crippen LogP contribution is 2.22. The van der Waals surface area contributed by atoms with Crippen LogP contribution in [0.5, 0.6) is 0 Å². The molecule has 1 heterocycles. The molecular weight excluding hydrogens is 359 g/mol. The Balaban J connectivity index is 2.36. The van der Waals surface area contributed by atoms with Crippen LogP contribution in [0.3, 0.4) is 0 Å². The van der Waals surface area contributed by atoms with E-state index in [0.717, 1.165) is 6.07 Å². The number of aliphatic carboxylic acids is 1. The summed E-state index contributed by atoms with van der Waals surface area (Å²) in [5.74, 6) is -5.16. The lowest BCUT2D eigenvalue weighted by molar-refractivity contribution is -0.154. The molecule has 0 spiro atoms. The van der Waals surface area contributed by atoms with Gasteiger partial charge in [-0.25, -0.2) is 14.8 Å². The van der Waals surface area contributed by atoms with E-state index in [2.05, 4.69) is 5.43 Å². The minimum atomic E-state index is -1.35. The van der Waals surface area contributed by atoms with Gasteiger partial charge in [-0.15, -0.1) is 0 Å².